The molecular weight excluding hydrogens is 517 g/mol. The summed E-state index contributed by atoms with van der Waals surface area (Å²) in [6.07, 6.45) is -6.39. The first-order chi connectivity index (χ1) is 16.8. The van der Waals surface area contributed by atoms with Crippen LogP contribution in [0.4, 0.5) is 13.2 Å². The molecule has 4 heterocycles. The molecule has 0 amide bonds. The van der Waals surface area contributed by atoms with Crippen LogP contribution in [0.25, 0.3) is 0 Å². The van der Waals surface area contributed by atoms with Gasteiger partial charge in [0, 0.05) is 25.6 Å². The fraction of sp³-hybridized carbons (Fsp3) is 0.526. The average Bonchev–Trinajstić information content (AvgIpc) is 3.36. The lowest BCUT2D eigenvalue weighted by Gasteiger charge is -2.17. The Kier molecular flexibility index (Phi) is 8.22. The second-order valence-electron chi connectivity index (χ2n) is 7.99. The topological polar surface area (TPSA) is 197 Å². The molecule has 2 saturated heterocycles. The molecule has 2 aliphatic heterocycles. The maximum atomic E-state index is 12.6. The molecule has 3 unspecified atom stereocenters. The lowest BCUT2D eigenvalue weighted by molar-refractivity contribution is -0.139. The van der Waals surface area contributed by atoms with E-state index in [0.29, 0.717) is 28.8 Å². The van der Waals surface area contributed by atoms with Gasteiger partial charge in [-0.1, -0.05) is 11.6 Å². The summed E-state index contributed by atoms with van der Waals surface area (Å²) in [5.74, 6) is 0.511. The molecule has 2 aliphatic rings. The lowest BCUT2D eigenvalue weighted by atomic mass is 10.2. The van der Waals surface area contributed by atoms with Crippen LogP contribution in [0.1, 0.15) is 36.7 Å². The van der Waals surface area contributed by atoms with Gasteiger partial charge in [0.25, 0.3) is 11.1 Å². The zero-order valence-electron chi connectivity index (χ0n) is 18.4. The molecule has 0 aromatic carbocycles. The quantitative estimate of drug-likeness (QED) is 0.299. The summed E-state index contributed by atoms with van der Waals surface area (Å²) in [6.45, 7) is 0.517. The Balaban J connectivity index is 0.000000205. The minimum Gasteiger partial charge on any atom is -0.394 e. The summed E-state index contributed by atoms with van der Waals surface area (Å²) in [7, 11) is 0. The molecule has 2 fully saturated rings. The number of hydrogen-bond donors (Lipinski definition) is 6. The summed E-state index contributed by atoms with van der Waals surface area (Å²) in [6, 6.07) is 0. The minimum absolute atomic E-state index is 0.0145. The molecule has 3 atom stereocenters. The Morgan fingerprint density at radius 3 is 2.42 bits per heavy atom. The Hall–Kier alpha value is -3.21. The fourth-order valence-electron chi connectivity index (χ4n) is 3.67. The number of aromatic nitrogens is 4. The molecule has 2 aromatic heterocycles. The fourth-order valence-corrected chi connectivity index (χ4v) is 3.83. The first-order valence-corrected chi connectivity index (χ1v) is 10.9. The molecule has 17 heteroatoms. The number of halogens is 4. The van der Waals surface area contributed by atoms with E-state index >= 15 is 0 Å². The summed E-state index contributed by atoms with van der Waals surface area (Å²) >= 11 is 5.78. The van der Waals surface area contributed by atoms with Gasteiger partial charge in [0.2, 0.25) is 0 Å². The highest BCUT2D eigenvalue weighted by atomic mass is 35.5. The molecule has 0 radical (unpaired) electrons. The van der Waals surface area contributed by atoms with Crippen molar-refractivity contribution in [2.45, 2.75) is 50.4 Å². The van der Waals surface area contributed by atoms with Crippen LogP contribution >= 0.6 is 11.6 Å². The number of aromatic amines is 3. The maximum Gasteiger partial charge on any atom is 0.423 e. The predicted octanol–water partition coefficient (Wildman–Crippen LogP) is -0.514. The highest BCUT2D eigenvalue weighted by molar-refractivity contribution is 6.31. The molecule has 13 nitrogen and oxygen atoms in total. The van der Waals surface area contributed by atoms with Crippen molar-refractivity contribution in [3.63, 3.8) is 0 Å². The average molecular weight is 539 g/mol. The van der Waals surface area contributed by atoms with Crippen molar-refractivity contribution < 1.29 is 28.1 Å². The monoisotopic (exact) mass is 538 g/mol. The second kappa shape index (κ2) is 10.8. The van der Waals surface area contributed by atoms with Gasteiger partial charge in [0.15, 0.2) is 0 Å². The number of amidine groups is 1. The third-order valence-corrected chi connectivity index (χ3v) is 5.90. The molecule has 36 heavy (non-hydrogen) atoms. The van der Waals surface area contributed by atoms with E-state index in [0.717, 1.165) is 19.4 Å². The normalized spacial score (nSPS) is 22.0. The summed E-state index contributed by atoms with van der Waals surface area (Å²) in [5.41, 5.74) is -4.97. The van der Waals surface area contributed by atoms with E-state index in [4.69, 9.17) is 26.9 Å². The molecular formula is C19H22ClF3N6O7. The van der Waals surface area contributed by atoms with Crippen molar-refractivity contribution in [2.75, 3.05) is 13.2 Å². The predicted molar refractivity (Wildman–Crippen MR) is 118 cm³/mol. The van der Waals surface area contributed by atoms with E-state index in [-0.39, 0.29) is 11.4 Å². The SMILES string of the molecule is N=C1CCCN1Cc1[nH]c(=O)[nH]c(=O)c1Cl.O=c1[nH]c(=O)n(C2CC(O)C(CO)O2)cc1C(F)(F)F. The van der Waals surface area contributed by atoms with Gasteiger partial charge < -0.3 is 24.8 Å². The van der Waals surface area contributed by atoms with Gasteiger partial charge in [-0.3, -0.25) is 29.5 Å². The van der Waals surface area contributed by atoms with E-state index in [1.54, 1.807) is 9.88 Å². The van der Waals surface area contributed by atoms with Gasteiger partial charge in [0.1, 0.15) is 22.9 Å². The number of likely N-dealkylation sites (tertiary alicyclic amines) is 1. The third kappa shape index (κ3) is 6.13. The van der Waals surface area contributed by atoms with Crippen molar-refractivity contribution in [1.82, 2.24) is 24.4 Å². The van der Waals surface area contributed by atoms with Crippen LogP contribution in [0.5, 0.6) is 0 Å². The van der Waals surface area contributed by atoms with Crippen LogP contribution in [0.3, 0.4) is 0 Å². The molecule has 4 rings (SSSR count). The number of aliphatic hydroxyl groups is 2. The van der Waals surface area contributed by atoms with Crippen LogP contribution in [0, 0.1) is 5.41 Å². The van der Waals surface area contributed by atoms with Crippen LogP contribution in [-0.2, 0) is 17.5 Å². The van der Waals surface area contributed by atoms with Crippen molar-refractivity contribution in [2.24, 2.45) is 0 Å². The Morgan fingerprint density at radius 1 is 1.17 bits per heavy atom. The summed E-state index contributed by atoms with van der Waals surface area (Å²) in [4.78, 5) is 52.8. The number of ether oxygens (including phenoxy) is 1. The first kappa shape index (κ1) is 27.4. The number of hydrogen-bond acceptors (Lipinski definition) is 8. The van der Waals surface area contributed by atoms with Gasteiger partial charge in [-0.05, 0) is 6.42 Å². The van der Waals surface area contributed by atoms with E-state index < -0.39 is 59.3 Å². The largest absolute Gasteiger partial charge is 0.423 e. The Bertz CT molecular complexity index is 1350. The Morgan fingerprint density at radius 2 is 1.86 bits per heavy atom. The number of nitrogens with one attached hydrogen (secondary N) is 4. The zero-order valence-corrected chi connectivity index (χ0v) is 19.1. The Labute approximate surface area is 203 Å². The van der Waals surface area contributed by atoms with Gasteiger partial charge >= 0.3 is 17.6 Å². The van der Waals surface area contributed by atoms with E-state index in [1.807, 2.05) is 4.98 Å². The van der Waals surface area contributed by atoms with Gasteiger partial charge in [-0.2, -0.15) is 13.2 Å². The molecule has 2 aromatic rings. The number of aliphatic hydroxyl groups excluding tert-OH is 2. The summed E-state index contributed by atoms with van der Waals surface area (Å²) in [5, 5.41) is 26.0. The van der Waals surface area contributed by atoms with E-state index in [2.05, 4.69) is 4.98 Å². The number of alkyl halides is 3. The van der Waals surface area contributed by atoms with Crippen molar-refractivity contribution in [1.29, 1.82) is 5.41 Å². The number of H-pyrrole nitrogens is 3. The van der Waals surface area contributed by atoms with Gasteiger partial charge in [0.05, 0.1) is 30.8 Å². The maximum absolute atomic E-state index is 12.6. The van der Waals surface area contributed by atoms with Gasteiger partial charge in [-0.15, -0.1) is 0 Å². The zero-order chi connectivity index (χ0) is 26.8. The second-order valence-corrected chi connectivity index (χ2v) is 8.37. The number of nitrogens with zero attached hydrogens (tertiary/aromatic N) is 2. The minimum atomic E-state index is -4.92. The van der Waals surface area contributed by atoms with Crippen molar-refractivity contribution in [3.8, 4) is 0 Å². The summed E-state index contributed by atoms with van der Waals surface area (Å²) < 4.78 is 43.4. The third-order valence-electron chi connectivity index (χ3n) is 5.50. The van der Waals surface area contributed by atoms with Crippen molar-refractivity contribution in [3.05, 3.63) is 64.2 Å². The molecule has 0 bridgehead atoms. The van der Waals surface area contributed by atoms with E-state index in [1.165, 1.54) is 0 Å². The van der Waals surface area contributed by atoms with Gasteiger partial charge in [-0.25, -0.2) is 9.59 Å². The molecule has 6 N–H and O–H groups in total. The molecule has 0 spiro atoms. The van der Waals surface area contributed by atoms with Crippen LogP contribution in [-0.4, -0.2) is 65.8 Å². The molecule has 0 aliphatic carbocycles. The highest BCUT2D eigenvalue weighted by Crippen LogP contribution is 2.30. The van der Waals surface area contributed by atoms with Crippen LogP contribution in [0.15, 0.2) is 25.4 Å². The number of rotatable bonds is 4. The highest BCUT2D eigenvalue weighted by Gasteiger charge is 2.38. The van der Waals surface area contributed by atoms with Crippen LogP contribution < -0.4 is 22.5 Å². The lowest BCUT2D eigenvalue weighted by Crippen LogP contribution is -2.36. The van der Waals surface area contributed by atoms with Crippen molar-refractivity contribution >= 4 is 17.4 Å². The standard InChI is InChI=1S/C10H11F3N2O5.C9H11ClN4O2/c11-10(12,13)4-2-15(9(19)14-8(4)18)7-1-5(17)6(3-16)20-7;10-7-5(12-9(16)13-8(7)15)4-14-3-1-2-6(14)11/h2,5-7,16-17H,1,3H2,(H,14,18,19);11H,1-4H2,(H2,12,13,15,16). The van der Waals surface area contributed by atoms with E-state index in [9.17, 15) is 37.5 Å². The van der Waals surface area contributed by atoms with Crippen LogP contribution in [0.2, 0.25) is 5.02 Å². The molecule has 0 saturated carbocycles. The smallest absolute Gasteiger partial charge is 0.394 e. The molecule has 198 valence electrons. The first-order valence-electron chi connectivity index (χ1n) is 10.5.